The molecule has 1 aliphatic heterocycles. The topological polar surface area (TPSA) is 46.6 Å². The van der Waals surface area contributed by atoms with Crippen LogP contribution in [0.25, 0.3) is 0 Å². The van der Waals surface area contributed by atoms with Crippen LogP contribution in [0, 0.1) is 17.7 Å². The summed E-state index contributed by atoms with van der Waals surface area (Å²) in [7, 11) is -2.19. The fourth-order valence-corrected chi connectivity index (χ4v) is 5.61. The number of imide groups is 1. The lowest BCUT2D eigenvalue weighted by molar-refractivity contribution is -0.140. The summed E-state index contributed by atoms with van der Waals surface area (Å²) in [4.78, 5) is 28.4. The highest BCUT2D eigenvalue weighted by molar-refractivity contribution is 6.74. The molecule has 1 heterocycles. The molecule has 1 aliphatic carbocycles. The molecule has 4 nitrogen and oxygen atoms in total. The summed E-state index contributed by atoms with van der Waals surface area (Å²) in [6, 6.07) is 15.8. The van der Waals surface area contributed by atoms with Gasteiger partial charge >= 0.3 is 0 Å². The van der Waals surface area contributed by atoms with Crippen LogP contribution in [0.2, 0.25) is 18.1 Å². The number of fused-ring (bicyclic) bond motifs is 1. The molecule has 2 aliphatic rings. The van der Waals surface area contributed by atoms with Gasteiger partial charge in [-0.2, -0.15) is 0 Å². The summed E-state index contributed by atoms with van der Waals surface area (Å²) < 4.78 is 20.4. The van der Waals surface area contributed by atoms with Crippen molar-refractivity contribution in [3.8, 4) is 0 Å². The fourth-order valence-electron chi connectivity index (χ4n) is 4.50. The number of halogens is 1. The van der Waals surface area contributed by atoms with Gasteiger partial charge in [0, 0.05) is 0 Å². The van der Waals surface area contributed by atoms with Gasteiger partial charge in [0.05, 0.1) is 30.1 Å². The van der Waals surface area contributed by atoms with E-state index >= 15 is 0 Å². The second kappa shape index (κ2) is 8.56. The lowest BCUT2D eigenvalue weighted by Gasteiger charge is -2.41. The van der Waals surface area contributed by atoms with Gasteiger partial charge in [-0.05, 0) is 53.9 Å². The number of rotatable bonds is 5. The minimum Gasteiger partial charge on any atom is -0.546 e. The first-order chi connectivity index (χ1) is 15.5. The standard InChI is InChI=1S/C27H32FNO3Si/c1-27(2,3)33(4,5)32-22-16-15-21-24(23(22)19-11-13-20(28)14-12-19)26(31)29(25(21)30)17-18-9-7-6-8-10-18/h6-14,16,21,23-24H,15,17H2,1-5H3/t21-,23-,24-/m0/s1. The van der Waals surface area contributed by atoms with Gasteiger partial charge in [0.2, 0.25) is 20.1 Å². The van der Waals surface area contributed by atoms with E-state index in [1.54, 1.807) is 12.1 Å². The number of allylic oxidation sites excluding steroid dienone is 2. The smallest absolute Gasteiger partial charge is 0.250 e. The molecule has 1 saturated heterocycles. The van der Waals surface area contributed by atoms with Crippen LogP contribution in [-0.2, 0) is 20.6 Å². The third-order valence-corrected chi connectivity index (χ3v) is 11.8. The summed E-state index contributed by atoms with van der Waals surface area (Å²) in [5.74, 6) is -1.27. The molecule has 2 aromatic rings. The van der Waals surface area contributed by atoms with Gasteiger partial charge in [-0.3, -0.25) is 14.5 Å². The van der Waals surface area contributed by atoms with Gasteiger partial charge in [-0.15, -0.1) is 0 Å². The van der Waals surface area contributed by atoms with Gasteiger partial charge < -0.3 is 4.43 Å². The maximum absolute atomic E-state index is 13.7. The van der Waals surface area contributed by atoms with Crippen molar-refractivity contribution in [2.45, 2.75) is 57.8 Å². The molecular weight excluding hydrogens is 433 g/mol. The Hall–Kier alpha value is -2.73. The van der Waals surface area contributed by atoms with Crippen molar-refractivity contribution < 1.29 is 18.4 Å². The van der Waals surface area contributed by atoms with Gasteiger partial charge in [0.25, 0.3) is 0 Å². The molecule has 0 radical (unpaired) electrons. The molecule has 0 bridgehead atoms. The Morgan fingerprint density at radius 2 is 1.64 bits per heavy atom. The van der Waals surface area contributed by atoms with Crippen molar-refractivity contribution in [3.63, 3.8) is 0 Å². The number of hydrogen-bond donors (Lipinski definition) is 0. The highest BCUT2D eigenvalue weighted by Gasteiger charge is 2.54. The van der Waals surface area contributed by atoms with Gasteiger partial charge in [-0.25, -0.2) is 4.39 Å². The van der Waals surface area contributed by atoms with Gasteiger partial charge in [0.15, 0.2) is 0 Å². The fraction of sp³-hybridized carbons (Fsp3) is 0.407. The quantitative estimate of drug-likeness (QED) is 0.401. The predicted molar refractivity (Wildman–Crippen MR) is 129 cm³/mol. The van der Waals surface area contributed by atoms with Crippen LogP contribution in [0.4, 0.5) is 4.39 Å². The van der Waals surface area contributed by atoms with Crippen molar-refractivity contribution in [3.05, 3.63) is 83.4 Å². The number of carbonyl (C=O) groups excluding carboxylic acids is 2. The van der Waals surface area contributed by atoms with E-state index in [0.29, 0.717) is 6.42 Å². The molecule has 33 heavy (non-hydrogen) atoms. The van der Waals surface area contributed by atoms with E-state index in [9.17, 15) is 14.0 Å². The van der Waals surface area contributed by atoms with Crippen LogP contribution in [0.5, 0.6) is 0 Å². The molecule has 0 aromatic heterocycles. The Morgan fingerprint density at radius 1 is 1.00 bits per heavy atom. The number of amides is 2. The lowest BCUT2D eigenvalue weighted by Crippen LogP contribution is -2.43. The average molecular weight is 466 g/mol. The zero-order valence-corrected chi connectivity index (χ0v) is 21.0. The molecule has 0 N–H and O–H groups in total. The van der Waals surface area contributed by atoms with Crippen LogP contribution < -0.4 is 0 Å². The molecule has 2 amide bonds. The normalized spacial score (nSPS) is 23.4. The number of benzene rings is 2. The number of likely N-dealkylation sites (tertiary alicyclic amines) is 1. The molecule has 174 valence electrons. The van der Waals surface area contributed by atoms with E-state index < -0.39 is 26.1 Å². The molecule has 0 saturated carbocycles. The number of hydrogen-bond acceptors (Lipinski definition) is 3. The van der Waals surface area contributed by atoms with E-state index in [0.717, 1.165) is 16.9 Å². The molecule has 1 fully saturated rings. The van der Waals surface area contributed by atoms with E-state index in [-0.39, 0.29) is 29.2 Å². The summed E-state index contributed by atoms with van der Waals surface area (Å²) in [5.41, 5.74) is 1.72. The lowest BCUT2D eigenvalue weighted by atomic mass is 9.73. The van der Waals surface area contributed by atoms with E-state index in [4.69, 9.17) is 4.43 Å². The second-order valence-corrected chi connectivity index (χ2v) is 15.3. The molecular formula is C27H32FNO3Si. The monoisotopic (exact) mass is 465 g/mol. The molecule has 4 rings (SSSR count). The summed E-state index contributed by atoms with van der Waals surface area (Å²) in [5, 5.41) is -0.0209. The maximum atomic E-state index is 13.7. The molecule has 2 aromatic carbocycles. The summed E-state index contributed by atoms with van der Waals surface area (Å²) in [6.07, 6.45) is 2.47. The first-order valence-corrected chi connectivity index (χ1v) is 14.4. The van der Waals surface area contributed by atoms with Crippen LogP contribution in [0.15, 0.2) is 66.4 Å². The van der Waals surface area contributed by atoms with E-state index in [1.165, 1.54) is 17.0 Å². The first-order valence-electron chi connectivity index (χ1n) is 11.5. The van der Waals surface area contributed by atoms with Crippen molar-refractivity contribution in [2.75, 3.05) is 0 Å². The van der Waals surface area contributed by atoms with Crippen LogP contribution in [-0.4, -0.2) is 25.0 Å². The Bertz CT molecular complexity index is 1070. The summed E-state index contributed by atoms with van der Waals surface area (Å²) >= 11 is 0. The highest BCUT2D eigenvalue weighted by Crippen LogP contribution is 2.50. The molecule has 3 atom stereocenters. The minimum atomic E-state index is -2.19. The Morgan fingerprint density at radius 3 is 2.24 bits per heavy atom. The average Bonchev–Trinajstić information content (AvgIpc) is 2.99. The molecule has 6 heteroatoms. The SMILES string of the molecule is CC(C)(C)[Si](C)(C)OC1=CC[C@@H]2C(=O)N(Cc3ccccc3)C(=O)[C@@H]2[C@H]1c1ccc(F)cc1. The number of carbonyl (C=O) groups is 2. The molecule has 0 unspecified atom stereocenters. The van der Waals surface area contributed by atoms with Gasteiger partial charge in [-0.1, -0.05) is 63.2 Å². The predicted octanol–water partition coefficient (Wildman–Crippen LogP) is 6.02. The highest BCUT2D eigenvalue weighted by atomic mass is 28.4. The maximum Gasteiger partial charge on any atom is 0.250 e. The zero-order chi connectivity index (χ0) is 24.0. The summed E-state index contributed by atoms with van der Waals surface area (Å²) in [6.45, 7) is 11.1. The van der Waals surface area contributed by atoms with Crippen LogP contribution in [0.1, 0.15) is 44.2 Å². The Labute approximate surface area is 196 Å². The third-order valence-electron chi connectivity index (χ3n) is 7.40. The van der Waals surface area contributed by atoms with Crippen molar-refractivity contribution in [1.82, 2.24) is 4.90 Å². The van der Waals surface area contributed by atoms with Gasteiger partial charge in [0.1, 0.15) is 5.82 Å². The van der Waals surface area contributed by atoms with Crippen molar-refractivity contribution >= 4 is 20.1 Å². The van der Waals surface area contributed by atoms with E-state index in [2.05, 4.69) is 33.9 Å². The van der Waals surface area contributed by atoms with Crippen LogP contribution in [0.3, 0.4) is 0 Å². The zero-order valence-electron chi connectivity index (χ0n) is 20.0. The minimum absolute atomic E-state index is 0.0209. The third kappa shape index (κ3) is 4.41. The molecule has 0 spiro atoms. The second-order valence-electron chi connectivity index (χ2n) is 10.6. The first kappa shape index (κ1) is 23.4. The Balaban J connectivity index is 1.72. The van der Waals surface area contributed by atoms with E-state index in [1.807, 2.05) is 36.4 Å². The number of nitrogens with zero attached hydrogens (tertiary/aromatic N) is 1. The Kier molecular flexibility index (Phi) is 6.08. The largest absolute Gasteiger partial charge is 0.546 e. The van der Waals surface area contributed by atoms with Crippen LogP contribution >= 0.6 is 0 Å². The van der Waals surface area contributed by atoms with Crippen molar-refractivity contribution in [1.29, 1.82) is 0 Å². The van der Waals surface area contributed by atoms with Crippen molar-refractivity contribution in [2.24, 2.45) is 11.8 Å².